The molecule has 3 nitrogen and oxygen atoms in total. The zero-order chi connectivity index (χ0) is 12.3. The van der Waals surface area contributed by atoms with Crippen LogP contribution in [0, 0.1) is 11.3 Å². The van der Waals surface area contributed by atoms with Gasteiger partial charge in [-0.15, -0.1) is 0 Å². The molecule has 1 heterocycles. The summed E-state index contributed by atoms with van der Waals surface area (Å²) in [7, 11) is 0. The highest BCUT2D eigenvalue weighted by Crippen LogP contribution is 2.26. The van der Waals surface area contributed by atoms with Crippen LogP contribution in [0.5, 0.6) is 0 Å². The molecule has 0 amide bonds. The summed E-state index contributed by atoms with van der Waals surface area (Å²) in [4.78, 5) is 0. The summed E-state index contributed by atoms with van der Waals surface area (Å²) in [6.45, 7) is 2.84. The lowest BCUT2D eigenvalue weighted by atomic mass is 10.0. The van der Waals surface area contributed by atoms with Crippen molar-refractivity contribution in [2.45, 2.75) is 31.9 Å². The van der Waals surface area contributed by atoms with Crippen molar-refractivity contribution in [3.05, 3.63) is 28.8 Å². The maximum absolute atomic E-state index is 8.86. The van der Waals surface area contributed by atoms with Crippen LogP contribution in [0.4, 0.5) is 5.69 Å². The highest BCUT2D eigenvalue weighted by Gasteiger charge is 2.19. The number of hydrogen-bond acceptors (Lipinski definition) is 3. The number of anilines is 1. The molecule has 0 bridgehead atoms. The van der Waals surface area contributed by atoms with Gasteiger partial charge in [-0.05, 0) is 38.0 Å². The molecular weight excluding hydrogens is 236 g/mol. The van der Waals surface area contributed by atoms with E-state index in [-0.39, 0.29) is 6.10 Å². The summed E-state index contributed by atoms with van der Waals surface area (Å²) in [5.41, 5.74) is 1.46. The third-order valence-corrected chi connectivity index (χ3v) is 3.27. The first kappa shape index (κ1) is 12.2. The fourth-order valence-electron chi connectivity index (χ4n) is 2.05. The van der Waals surface area contributed by atoms with Crippen molar-refractivity contribution in [3.8, 4) is 6.07 Å². The zero-order valence-electron chi connectivity index (χ0n) is 9.74. The number of nitrogens with one attached hydrogen (secondary N) is 1. The average Bonchev–Trinajstić information content (AvgIpc) is 2.32. The Bertz CT molecular complexity index is 442. The van der Waals surface area contributed by atoms with Crippen molar-refractivity contribution >= 4 is 17.3 Å². The lowest BCUT2D eigenvalue weighted by molar-refractivity contribution is 0.0232. The summed E-state index contributed by atoms with van der Waals surface area (Å²) in [6, 6.07) is 7.75. The number of halogens is 1. The standard InChI is InChI=1S/C13H15ClN2O/c1-9-6-11(4-5-17-9)16-13-7-10(8-15)2-3-12(13)14/h2-3,7,9,11,16H,4-6H2,1H3. The summed E-state index contributed by atoms with van der Waals surface area (Å²) in [5, 5.41) is 12.9. The highest BCUT2D eigenvalue weighted by molar-refractivity contribution is 6.33. The minimum Gasteiger partial charge on any atom is -0.381 e. The number of ether oxygens (including phenoxy) is 1. The van der Waals surface area contributed by atoms with Crippen LogP contribution in [0.3, 0.4) is 0 Å². The van der Waals surface area contributed by atoms with Gasteiger partial charge in [-0.3, -0.25) is 0 Å². The van der Waals surface area contributed by atoms with Crippen molar-refractivity contribution in [3.63, 3.8) is 0 Å². The maximum Gasteiger partial charge on any atom is 0.0992 e. The van der Waals surface area contributed by atoms with E-state index in [1.54, 1.807) is 18.2 Å². The summed E-state index contributed by atoms with van der Waals surface area (Å²) >= 11 is 6.11. The Morgan fingerprint density at radius 1 is 1.53 bits per heavy atom. The number of benzene rings is 1. The molecule has 1 N–H and O–H groups in total. The predicted octanol–water partition coefficient (Wildman–Crippen LogP) is 3.19. The zero-order valence-corrected chi connectivity index (χ0v) is 10.5. The van der Waals surface area contributed by atoms with Crippen LogP contribution in [0.2, 0.25) is 5.02 Å². The third kappa shape index (κ3) is 3.12. The summed E-state index contributed by atoms with van der Waals surface area (Å²) < 4.78 is 5.50. The Balaban J connectivity index is 2.10. The molecule has 0 spiro atoms. The molecule has 17 heavy (non-hydrogen) atoms. The third-order valence-electron chi connectivity index (χ3n) is 2.94. The molecule has 1 saturated heterocycles. The van der Waals surface area contributed by atoms with Crippen LogP contribution in [0.25, 0.3) is 0 Å². The van der Waals surface area contributed by atoms with Crippen LogP contribution in [-0.2, 0) is 4.74 Å². The molecule has 1 fully saturated rings. The quantitative estimate of drug-likeness (QED) is 0.877. The first-order valence-electron chi connectivity index (χ1n) is 5.77. The average molecular weight is 251 g/mol. The Hall–Kier alpha value is -1.24. The van der Waals surface area contributed by atoms with Crippen molar-refractivity contribution in [2.75, 3.05) is 11.9 Å². The first-order chi connectivity index (χ1) is 8.19. The molecule has 2 unspecified atom stereocenters. The molecule has 1 aliphatic rings. The molecular formula is C13H15ClN2O. The Labute approximate surface area is 106 Å². The lowest BCUT2D eigenvalue weighted by Crippen LogP contribution is -2.32. The molecule has 0 saturated carbocycles. The van der Waals surface area contributed by atoms with E-state index >= 15 is 0 Å². The van der Waals surface area contributed by atoms with E-state index in [4.69, 9.17) is 21.6 Å². The van der Waals surface area contributed by atoms with Gasteiger partial charge in [-0.1, -0.05) is 11.6 Å². The summed E-state index contributed by atoms with van der Waals surface area (Å²) in [5.74, 6) is 0. The van der Waals surface area contributed by atoms with Gasteiger partial charge in [0.15, 0.2) is 0 Å². The molecule has 1 aromatic rings. The SMILES string of the molecule is CC1CC(Nc2cc(C#N)ccc2Cl)CCO1. The Morgan fingerprint density at radius 2 is 2.35 bits per heavy atom. The fourth-order valence-corrected chi connectivity index (χ4v) is 2.23. The van der Waals surface area contributed by atoms with Crippen molar-refractivity contribution in [1.29, 1.82) is 5.26 Å². The van der Waals surface area contributed by atoms with E-state index in [9.17, 15) is 0 Å². The van der Waals surface area contributed by atoms with Crippen molar-refractivity contribution in [2.24, 2.45) is 0 Å². The van der Waals surface area contributed by atoms with Crippen LogP contribution in [0.1, 0.15) is 25.3 Å². The van der Waals surface area contributed by atoms with E-state index in [0.29, 0.717) is 16.6 Å². The summed E-state index contributed by atoms with van der Waals surface area (Å²) in [6.07, 6.45) is 2.21. The van der Waals surface area contributed by atoms with Crippen LogP contribution in [-0.4, -0.2) is 18.8 Å². The monoisotopic (exact) mass is 250 g/mol. The Morgan fingerprint density at radius 3 is 3.06 bits per heavy atom. The fraction of sp³-hybridized carbons (Fsp3) is 0.462. The van der Waals surface area contributed by atoms with Crippen LogP contribution < -0.4 is 5.32 Å². The first-order valence-corrected chi connectivity index (χ1v) is 6.14. The molecule has 2 rings (SSSR count). The largest absolute Gasteiger partial charge is 0.381 e. The van der Waals surface area contributed by atoms with Gasteiger partial charge in [0.1, 0.15) is 0 Å². The highest BCUT2D eigenvalue weighted by atomic mass is 35.5. The Kier molecular flexibility index (Phi) is 3.88. The van der Waals surface area contributed by atoms with Gasteiger partial charge in [0.05, 0.1) is 28.4 Å². The second-order valence-corrected chi connectivity index (χ2v) is 4.76. The van der Waals surface area contributed by atoms with E-state index in [1.165, 1.54) is 0 Å². The number of rotatable bonds is 2. The molecule has 2 atom stereocenters. The van der Waals surface area contributed by atoms with Gasteiger partial charge in [0, 0.05) is 12.6 Å². The van der Waals surface area contributed by atoms with E-state index < -0.39 is 0 Å². The molecule has 0 aromatic heterocycles. The van der Waals surface area contributed by atoms with Gasteiger partial charge in [0.25, 0.3) is 0 Å². The molecule has 90 valence electrons. The molecule has 1 aromatic carbocycles. The molecule has 4 heteroatoms. The minimum absolute atomic E-state index is 0.277. The van der Waals surface area contributed by atoms with Crippen LogP contribution in [0.15, 0.2) is 18.2 Å². The predicted molar refractivity (Wildman–Crippen MR) is 68.2 cm³/mol. The molecule has 1 aliphatic heterocycles. The second kappa shape index (κ2) is 5.39. The number of hydrogen-bond donors (Lipinski definition) is 1. The van der Waals surface area contributed by atoms with Crippen molar-refractivity contribution in [1.82, 2.24) is 0 Å². The van der Waals surface area contributed by atoms with Gasteiger partial charge >= 0.3 is 0 Å². The van der Waals surface area contributed by atoms with Gasteiger partial charge in [0.2, 0.25) is 0 Å². The maximum atomic E-state index is 8.86. The van der Waals surface area contributed by atoms with Crippen LogP contribution >= 0.6 is 11.6 Å². The van der Waals surface area contributed by atoms with Gasteiger partial charge in [-0.2, -0.15) is 5.26 Å². The van der Waals surface area contributed by atoms with Crippen molar-refractivity contribution < 1.29 is 4.74 Å². The van der Waals surface area contributed by atoms with E-state index in [2.05, 4.69) is 18.3 Å². The van der Waals surface area contributed by atoms with Gasteiger partial charge in [-0.25, -0.2) is 0 Å². The number of nitriles is 1. The lowest BCUT2D eigenvalue weighted by Gasteiger charge is -2.29. The smallest absolute Gasteiger partial charge is 0.0992 e. The van der Waals surface area contributed by atoms with E-state index in [0.717, 1.165) is 25.1 Å². The number of nitrogens with zero attached hydrogens (tertiary/aromatic N) is 1. The van der Waals surface area contributed by atoms with Gasteiger partial charge < -0.3 is 10.1 Å². The van der Waals surface area contributed by atoms with E-state index in [1.807, 2.05) is 0 Å². The molecule has 0 radical (unpaired) electrons. The molecule has 0 aliphatic carbocycles. The second-order valence-electron chi connectivity index (χ2n) is 4.35. The minimum atomic E-state index is 0.277. The normalized spacial score (nSPS) is 24.1. The topological polar surface area (TPSA) is 45.0 Å².